The number of rotatable bonds is 6. The normalized spacial score (nSPS) is 24.1. The average Bonchev–Trinajstić information content (AvgIpc) is 2.74. The van der Waals surface area contributed by atoms with Crippen LogP contribution in [-0.2, 0) is 30.3 Å². The van der Waals surface area contributed by atoms with Crippen molar-refractivity contribution in [3.63, 3.8) is 0 Å². The lowest BCUT2D eigenvalue weighted by Crippen LogP contribution is -2.60. The Hall–Kier alpha value is -0.790. The summed E-state index contributed by atoms with van der Waals surface area (Å²) in [6, 6.07) is 4.42. The number of benzene rings is 1. The van der Waals surface area contributed by atoms with Crippen molar-refractivity contribution in [3.05, 3.63) is 28.8 Å². The first-order valence-electron chi connectivity index (χ1n) is 15.2. The predicted octanol–water partition coefficient (Wildman–Crippen LogP) is 8.96. The Morgan fingerprint density at radius 2 is 0.951 bits per heavy atom. The summed E-state index contributed by atoms with van der Waals surface area (Å²) in [6.45, 7) is 31.2. The molecule has 0 atom stereocenters. The van der Waals surface area contributed by atoms with Crippen LogP contribution >= 0.6 is 8.60 Å². The summed E-state index contributed by atoms with van der Waals surface area (Å²) in [5.41, 5.74) is 0.765. The molecule has 8 heteroatoms. The Bertz CT molecular complexity index is 971. The van der Waals surface area contributed by atoms with Gasteiger partial charge in [-0.05, 0) is 98.8 Å². The largest absolute Gasteiger partial charge is 0.426 e. The molecule has 1 aromatic carbocycles. The minimum absolute atomic E-state index is 0.169. The zero-order valence-corrected chi connectivity index (χ0v) is 29.4. The van der Waals surface area contributed by atoms with E-state index in [1.165, 1.54) is 15.7 Å². The molecular formula is C33H57N2O5P. The predicted molar refractivity (Wildman–Crippen MR) is 166 cm³/mol. The second-order valence-electron chi connectivity index (χ2n) is 17.1. The monoisotopic (exact) mass is 592 g/mol. The van der Waals surface area contributed by atoms with Gasteiger partial charge in [0.25, 0.3) is 0 Å². The van der Waals surface area contributed by atoms with Crippen LogP contribution in [0.4, 0.5) is 0 Å². The van der Waals surface area contributed by atoms with Gasteiger partial charge in [0.1, 0.15) is 5.75 Å². The minimum Gasteiger partial charge on any atom is -0.426 e. The first-order chi connectivity index (χ1) is 18.3. The number of hydrogen-bond donors (Lipinski definition) is 0. The van der Waals surface area contributed by atoms with Crippen molar-refractivity contribution < 1.29 is 24.0 Å². The molecule has 1 aromatic rings. The molecule has 2 radical (unpaired) electrons. The van der Waals surface area contributed by atoms with Crippen molar-refractivity contribution in [2.45, 2.75) is 175 Å². The van der Waals surface area contributed by atoms with Crippen molar-refractivity contribution in [2.24, 2.45) is 0 Å². The molecule has 2 fully saturated rings. The van der Waals surface area contributed by atoms with Crippen LogP contribution in [0.2, 0.25) is 0 Å². The number of hydrogen-bond acceptors (Lipinski definition) is 5. The molecule has 2 saturated heterocycles. The van der Waals surface area contributed by atoms with E-state index in [0.717, 1.165) is 16.9 Å². The average molecular weight is 593 g/mol. The topological polar surface area (TPSA) is 74.0 Å². The van der Waals surface area contributed by atoms with Gasteiger partial charge in [0, 0.05) is 33.3 Å². The fraction of sp³-hybridized carbons (Fsp3) is 0.818. The Labute approximate surface area is 251 Å². The van der Waals surface area contributed by atoms with E-state index in [-0.39, 0.29) is 23.0 Å². The van der Waals surface area contributed by atoms with Crippen LogP contribution < -0.4 is 4.52 Å². The summed E-state index contributed by atoms with van der Waals surface area (Å²) >= 11 is 0. The van der Waals surface area contributed by atoms with Gasteiger partial charge in [-0.15, -0.1) is 20.5 Å². The van der Waals surface area contributed by atoms with Crippen molar-refractivity contribution >= 4 is 8.60 Å². The molecule has 0 N–H and O–H groups in total. The van der Waals surface area contributed by atoms with E-state index < -0.39 is 30.8 Å². The lowest BCUT2D eigenvalue weighted by molar-refractivity contribution is -0.299. The molecule has 2 heterocycles. The van der Waals surface area contributed by atoms with Gasteiger partial charge < -0.3 is 4.52 Å². The molecular weight excluding hydrogens is 535 g/mol. The van der Waals surface area contributed by atoms with Crippen LogP contribution in [0.3, 0.4) is 0 Å². The lowest BCUT2D eigenvalue weighted by Gasteiger charge is -2.51. The highest BCUT2D eigenvalue weighted by Crippen LogP contribution is 2.54. The SMILES string of the molecule is Cc1cc(C(C)(C)C)c(OP(OC2CC(C)(C)N([O])C(C)(C)C2)OC2CC(C)(C)N([O])C(C)(C)C2)c(C(C)(C)C)c1. The third-order valence-electron chi connectivity index (χ3n) is 8.59. The maximum absolute atomic E-state index is 13.1. The van der Waals surface area contributed by atoms with E-state index in [1.807, 2.05) is 55.4 Å². The van der Waals surface area contributed by atoms with Gasteiger partial charge in [-0.3, -0.25) is 9.05 Å². The number of nitrogens with zero attached hydrogens (tertiary/aromatic N) is 2. The van der Waals surface area contributed by atoms with E-state index in [2.05, 4.69) is 60.6 Å². The van der Waals surface area contributed by atoms with Crippen LogP contribution in [0.25, 0.3) is 0 Å². The second-order valence-corrected chi connectivity index (χ2v) is 18.2. The van der Waals surface area contributed by atoms with Crippen LogP contribution in [0.5, 0.6) is 5.75 Å². The van der Waals surface area contributed by atoms with Crippen molar-refractivity contribution in [3.8, 4) is 5.75 Å². The van der Waals surface area contributed by atoms with Crippen molar-refractivity contribution in [1.82, 2.24) is 10.1 Å². The van der Waals surface area contributed by atoms with Crippen LogP contribution in [0, 0.1) is 6.92 Å². The van der Waals surface area contributed by atoms with Gasteiger partial charge in [0.2, 0.25) is 0 Å². The summed E-state index contributed by atoms with van der Waals surface area (Å²) in [6.07, 6.45) is 1.89. The highest BCUT2D eigenvalue weighted by molar-refractivity contribution is 7.42. The minimum atomic E-state index is -1.85. The van der Waals surface area contributed by atoms with E-state index in [1.54, 1.807) is 0 Å². The number of piperidine rings is 2. The summed E-state index contributed by atoms with van der Waals surface area (Å²) < 4.78 is 20.6. The summed E-state index contributed by atoms with van der Waals surface area (Å²) in [5.74, 6) is 0.821. The standard InChI is InChI=1S/C33H57N2O5P/c1-22-16-25(28(2,3)4)27(26(17-22)29(5,6)7)40-41(38-23-18-30(8,9)34(36)31(10,11)19-23)39-24-20-32(12,13)35(37)33(14,15)21-24/h16-17,23-24H,18-21H2,1-15H3. The molecule has 234 valence electrons. The Kier molecular flexibility index (Phi) is 9.55. The molecule has 0 amide bonds. The number of hydroxylamine groups is 4. The third kappa shape index (κ3) is 7.84. The molecule has 41 heavy (non-hydrogen) atoms. The molecule has 0 spiro atoms. The smallest absolute Gasteiger partial charge is 0.397 e. The third-order valence-corrected chi connectivity index (χ3v) is 9.87. The summed E-state index contributed by atoms with van der Waals surface area (Å²) in [7, 11) is -1.85. The highest BCUT2D eigenvalue weighted by Gasteiger charge is 2.50. The number of aryl methyl sites for hydroxylation is 1. The van der Waals surface area contributed by atoms with Crippen LogP contribution in [0.1, 0.15) is 139 Å². The van der Waals surface area contributed by atoms with Gasteiger partial charge in [-0.2, -0.15) is 0 Å². The molecule has 0 bridgehead atoms. The van der Waals surface area contributed by atoms with Gasteiger partial charge >= 0.3 is 8.60 Å². The molecule has 2 aliphatic rings. The first-order valence-corrected chi connectivity index (χ1v) is 16.3. The second kappa shape index (κ2) is 11.3. The van der Waals surface area contributed by atoms with Crippen molar-refractivity contribution in [2.75, 3.05) is 0 Å². The quantitative estimate of drug-likeness (QED) is 0.308. The summed E-state index contributed by atoms with van der Waals surface area (Å²) in [4.78, 5) is 0. The zero-order valence-electron chi connectivity index (χ0n) is 28.5. The van der Waals surface area contributed by atoms with Gasteiger partial charge in [-0.25, -0.2) is 0 Å². The fourth-order valence-corrected chi connectivity index (χ4v) is 8.13. The lowest BCUT2D eigenvalue weighted by atomic mass is 9.78. The molecule has 7 nitrogen and oxygen atoms in total. The first kappa shape index (κ1) is 34.7. The molecule has 2 aliphatic heterocycles. The van der Waals surface area contributed by atoms with Crippen LogP contribution in [0.15, 0.2) is 12.1 Å². The maximum atomic E-state index is 13.1. The van der Waals surface area contributed by atoms with E-state index in [0.29, 0.717) is 25.7 Å². The summed E-state index contributed by atoms with van der Waals surface area (Å²) in [5, 5.41) is 28.6. The van der Waals surface area contributed by atoms with Crippen molar-refractivity contribution in [1.29, 1.82) is 0 Å². The fourth-order valence-electron chi connectivity index (χ4n) is 6.86. The van der Waals surface area contributed by atoms with Crippen LogP contribution in [-0.4, -0.2) is 44.5 Å². The van der Waals surface area contributed by atoms with Gasteiger partial charge in [-0.1, -0.05) is 59.2 Å². The Morgan fingerprint density at radius 3 is 1.22 bits per heavy atom. The maximum Gasteiger partial charge on any atom is 0.397 e. The van der Waals surface area contributed by atoms with E-state index >= 15 is 0 Å². The Balaban J connectivity index is 2.07. The Morgan fingerprint density at radius 1 is 0.659 bits per heavy atom. The highest BCUT2D eigenvalue weighted by atomic mass is 31.2. The molecule has 0 unspecified atom stereocenters. The molecule has 0 aliphatic carbocycles. The van der Waals surface area contributed by atoms with E-state index in [4.69, 9.17) is 13.6 Å². The molecule has 0 saturated carbocycles. The van der Waals surface area contributed by atoms with Gasteiger partial charge in [0.05, 0.1) is 12.2 Å². The zero-order chi connectivity index (χ0) is 31.6. The molecule has 0 aromatic heterocycles. The molecule has 3 rings (SSSR count). The van der Waals surface area contributed by atoms with E-state index in [9.17, 15) is 10.4 Å². The van der Waals surface area contributed by atoms with Gasteiger partial charge in [0.15, 0.2) is 0 Å².